The molecule has 0 N–H and O–H groups in total. The highest BCUT2D eigenvalue weighted by Crippen LogP contribution is 2.67. The molecular weight excluding hydrogens is 484 g/mol. The Hall–Kier alpha value is -3.56. The van der Waals surface area contributed by atoms with E-state index in [1.165, 1.54) is 44.2 Å². The molecule has 2 spiro atoms. The average Bonchev–Trinajstić information content (AvgIpc) is 3.63. The first kappa shape index (κ1) is 22.9. The number of hydrogen-bond donors (Lipinski definition) is 0. The second-order valence-corrected chi connectivity index (χ2v) is 12.1. The van der Waals surface area contributed by atoms with Crippen molar-refractivity contribution in [2.45, 2.75) is 75.0 Å². The SMILES string of the molecule is N#CC(C#N)=NC1=Cc2sc3c(c2C12CCCCC2)C1(CCCCC1)c1cc(N=C(C#N)C#N)sc1-3. The summed E-state index contributed by atoms with van der Waals surface area (Å²) in [6.45, 7) is 0. The third-order valence-electron chi connectivity index (χ3n) is 8.38. The van der Waals surface area contributed by atoms with E-state index >= 15 is 0 Å². The fourth-order valence-corrected chi connectivity index (χ4v) is 9.70. The van der Waals surface area contributed by atoms with Crippen LogP contribution < -0.4 is 0 Å². The quantitative estimate of drug-likeness (QED) is 0.400. The van der Waals surface area contributed by atoms with Gasteiger partial charge < -0.3 is 0 Å². The lowest BCUT2D eigenvalue weighted by atomic mass is 9.62. The Kier molecular flexibility index (Phi) is 5.42. The van der Waals surface area contributed by atoms with Crippen LogP contribution in [0.15, 0.2) is 21.7 Å². The van der Waals surface area contributed by atoms with Crippen LogP contribution in [0.25, 0.3) is 15.8 Å². The average molecular weight is 507 g/mol. The second kappa shape index (κ2) is 8.53. The van der Waals surface area contributed by atoms with Gasteiger partial charge in [-0.05, 0) is 54.5 Å². The first-order valence-corrected chi connectivity index (χ1v) is 14.1. The number of nitriles is 4. The predicted molar refractivity (Wildman–Crippen MR) is 141 cm³/mol. The fourth-order valence-electron chi connectivity index (χ4n) is 6.98. The molecule has 2 aromatic heterocycles. The van der Waals surface area contributed by atoms with Crippen LogP contribution in [0.1, 0.15) is 85.8 Å². The van der Waals surface area contributed by atoms with Gasteiger partial charge in [0.1, 0.15) is 29.3 Å². The number of thiophene rings is 2. The first-order chi connectivity index (χ1) is 17.6. The maximum absolute atomic E-state index is 9.43. The molecule has 6 nitrogen and oxygen atoms in total. The van der Waals surface area contributed by atoms with Crippen molar-refractivity contribution in [3.05, 3.63) is 33.3 Å². The van der Waals surface area contributed by atoms with Crippen LogP contribution in [-0.4, -0.2) is 11.4 Å². The molecule has 0 unspecified atom stereocenters. The molecule has 0 saturated heterocycles. The second-order valence-electron chi connectivity index (χ2n) is 10.1. The van der Waals surface area contributed by atoms with Crippen LogP contribution in [0, 0.1) is 45.3 Å². The summed E-state index contributed by atoms with van der Waals surface area (Å²) in [5.74, 6) is 0. The van der Waals surface area contributed by atoms with E-state index in [4.69, 9.17) is 0 Å². The molecule has 0 atom stereocenters. The first-order valence-electron chi connectivity index (χ1n) is 12.4. The van der Waals surface area contributed by atoms with Gasteiger partial charge >= 0.3 is 0 Å². The van der Waals surface area contributed by atoms with Crippen LogP contribution >= 0.6 is 22.7 Å². The lowest BCUT2D eigenvalue weighted by Crippen LogP contribution is -2.35. The maximum Gasteiger partial charge on any atom is 0.219 e. The van der Waals surface area contributed by atoms with Crippen molar-refractivity contribution >= 4 is 45.2 Å². The van der Waals surface area contributed by atoms with Crippen molar-refractivity contribution in [1.82, 2.24) is 0 Å². The van der Waals surface area contributed by atoms with Gasteiger partial charge in [-0.1, -0.05) is 38.5 Å². The molecule has 2 aromatic rings. The number of hydrogen-bond acceptors (Lipinski definition) is 8. The highest BCUT2D eigenvalue weighted by Gasteiger charge is 2.54. The molecule has 0 amide bonds. The van der Waals surface area contributed by atoms with Crippen molar-refractivity contribution in [1.29, 1.82) is 21.0 Å². The summed E-state index contributed by atoms with van der Waals surface area (Å²) in [4.78, 5) is 12.7. The molecular formula is C28H22N6S2. The minimum Gasteiger partial charge on any atom is -0.231 e. The smallest absolute Gasteiger partial charge is 0.219 e. The molecule has 4 aliphatic rings. The number of aliphatic imine (C=N–C) groups is 2. The van der Waals surface area contributed by atoms with E-state index in [-0.39, 0.29) is 22.3 Å². The molecule has 0 aliphatic heterocycles. The third-order valence-corrected chi connectivity index (χ3v) is 10.7. The Balaban J connectivity index is 1.59. The van der Waals surface area contributed by atoms with E-state index in [1.54, 1.807) is 22.7 Å². The van der Waals surface area contributed by atoms with Gasteiger partial charge in [-0.3, -0.25) is 0 Å². The molecule has 36 heavy (non-hydrogen) atoms. The minimum absolute atomic E-state index is 0.0715. The van der Waals surface area contributed by atoms with Gasteiger partial charge in [0.2, 0.25) is 11.4 Å². The van der Waals surface area contributed by atoms with Crippen LogP contribution in [0.2, 0.25) is 0 Å². The summed E-state index contributed by atoms with van der Waals surface area (Å²) < 4.78 is 0. The Morgan fingerprint density at radius 1 is 0.694 bits per heavy atom. The summed E-state index contributed by atoms with van der Waals surface area (Å²) in [6, 6.07) is 9.83. The Morgan fingerprint density at radius 2 is 1.28 bits per heavy atom. The molecule has 0 aromatic carbocycles. The summed E-state index contributed by atoms with van der Waals surface area (Å²) in [5, 5.41) is 38.0. The van der Waals surface area contributed by atoms with E-state index in [0.717, 1.165) is 62.1 Å². The van der Waals surface area contributed by atoms with E-state index in [1.807, 2.05) is 24.3 Å². The topological polar surface area (TPSA) is 120 Å². The molecule has 176 valence electrons. The predicted octanol–water partition coefficient (Wildman–Crippen LogP) is 7.20. The summed E-state index contributed by atoms with van der Waals surface area (Å²) in [7, 11) is 0. The highest BCUT2D eigenvalue weighted by atomic mass is 32.1. The van der Waals surface area contributed by atoms with Crippen molar-refractivity contribution < 1.29 is 0 Å². The van der Waals surface area contributed by atoms with Gasteiger partial charge in [0.05, 0.1) is 10.6 Å². The standard InChI is InChI=1S/C28H22N6S2/c29-13-17(14-30)33-21-12-20-23(28(21)9-5-2-6-10-28)24-26(35-20)25-19(27(24)7-3-1-4-8-27)11-22(36-25)34-18(15-31)16-32/h11-12H,1-10H2. The zero-order valence-corrected chi connectivity index (χ0v) is 21.4. The maximum atomic E-state index is 9.43. The van der Waals surface area contributed by atoms with Gasteiger partial charge in [0.15, 0.2) is 0 Å². The number of nitrogens with zero attached hydrogens (tertiary/aromatic N) is 6. The van der Waals surface area contributed by atoms with Gasteiger partial charge in [0, 0.05) is 20.6 Å². The fraction of sp³-hybridized carbons (Fsp3) is 0.429. The van der Waals surface area contributed by atoms with Crippen molar-refractivity contribution in [3.8, 4) is 34.0 Å². The molecule has 0 radical (unpaired) electrons. The normalized spacial score (nSPS) is 19.6. The van der Waals surface area contributed by atoms with Crippen LogP contribution in [-0.2, 0) is 10.8 Å². The molecule has 4 aliphatic carbocycles. The molecule has 0 bridgehead atoms. The van der Waals surface area contributed by atoms with Crippen molar-refractivity contribution in [3.63, 3.8) is 0 Å². The largest absolute Gasteiger partial charge is 0.231 e. The lowest BCUT2D eigenvalue weighted by Gasteiger charge is -2.41. The van der Waals surface area contributed by atoms with Gasteiger partial charge in [0.25, 0.3) is 0 Å². The summed E-state index contributed by atoms with van der Waals surface area (Å²) >= 11 is 3.39. The van der Waals surface area contributed by atoms with Crippen LogP contribution in [0.5, 0.6) is 0 Å². The lowest BCUT2D eigenvalue weighted by molar-refractivity contribution is 0.320. The van der Waals surface area contributed by atoms with E-state index < -0.39 is 0 Å². The van der Waals surface area contributed by atoms with Crippen LogP contribution in [0.3, 0.4) is 0 Å². The van der Waals surface area contributed by atoms with E-state index in [0.29, 0.717) is 0 Å². The van der Waals surface area contributed by atoms with Gasteiger partial charge in [-0.25, -0.2) is 9.98 Å². The number of rotatable bonds is 2. The molecule has 6 rings (SSSR count). The Morgan fingerprint density at radius 3 is 1.89 bits per heavy atom. The zero-order valence-electron chi connectivity index (χ0n) is 19.7. The minimum atomic E-state index is -0.231. The highest BCUT2D eigenvalue weighted by molar-refractivity contribution is 7.25. The molecule has 8 heteroatoms. The van der Waals surface area contributed by atoms with Crippen molar-refractivity contribution in [2.24, 2.45) is 9.98 Å². The monoisotopic (exact) mass is 506 g/mol. The molecule has 2 saturated carbocycles. The van der Waals surface area contributed by atoms with E-state index in [9.17, 15) is 21.0 Å². The number of fused-ring (bicyclic) bond motifs is 8. The molecule has 2 fully saturated rings. The summed E-state index contributed by atoms with van der Waals surface area (Å²) in [6.07, 6.45) is 13.3. The van der Waals surface area contributed by atoms with E-state index in [2.05, 4.69) is 22.1 Å². The number of allylic oxidation sites excluding steroid dienone is 1. The summed E-state index contributed by atoms with van der Waals surface area (Å²) in [5.41, 5.74) is 4.56. The zero-order chi connectivity index (χ0) is 24.9. The third kappa shape index (κ3) is 3.09. The van der Waals surface area contributed by atoms with Crippen molar-refractivity contribution in [2.75, 3.05) is 0 Å². The Bertz CT molecular complexity index is 1510. The van der Waals surface area contributed by atoms with Gasteiger partial charge in [-0.2, -0.15) is 21.0 Å². The molecule has 2 heterocycles. The Labute approximate surface area is 218 Å². The van der Waals surface area contributed by atoms with Crippen LogP contribution in [0.4, 0.5) is 5.00 Å². The van der Waals surface area contributed by atoms with Gasteiger partial charge in [-0.15, -0.1) is 22.7 Å².